The summed E-state index contributed by atoms with van der Waals surface area (Å²) in [6, 6.07) is 6.60. The zero-order valence-electron chi connectivity index (χ0n) is 16.7. The van der Waals surface area contributed by atoms with E-state index in [1.807, 2.05) is 26.1 Å². The van der Waals surface area contributed by atoms with Gasteiger partial charge in [-0.1, -0.05) is 12.1 Å². The van der Waals surface area contributed by atoms with E-state index in [0.717, 1.165) is 65.3 Å². The first-order valence-corrected chi connectivity index (χ1v) is 9.80. The lowest BCUT2D eigenvalue weighted by atomic mass is 9.97. The van der Waals surface area contributed by atoms with Crippen molar-refractivity contribution >= 4 is 22.6 Å². The number of fused-ring (bicyclic) bond motifs is 1. The molecule has 0 atom stereocenters. The van der Waals surface area contributed by atoms with Crippen molar-refractivity contribution in [2.45, 2.75) is 32.7 Å². The quantitative estimate of drug-likeness (QED) is 0.751. The first-order valence-electron chi connectivity index (χ1n) is 9.80. The summed E-state index contributed by atoms with van der Waals surface area (Å²) in [5, 5.41) is 3.50. The number of aryl methyl sites for hydroxylation is 1. The summed E-state index contributed by atoms with van der Waals surface area (Å²) in [6.45, 7) is 6.31. The predicted molar refractivity (Wildman–Crippen MR) is 113 cm³/mol. The number of benzene rings is 1. The van der Waals surface area contributed by atoms with Gasteiger partial charge in [-0.15, -0.1) is 0 Å². The maximum absolute atomic E-state index is 4.74. The molecule has 0 saturated carbocycles. The van der Waals surface area contributed by atoms with Gasteiger partial charge in [-0.25, -0.2) is 9.97 Å². The molecule has 4 rings (SSSR count). The van der Waals surface area contributed by atoms with Crippen LogP contribution in [0.3, 0.4) is 0 Å². The molecular weight excluding hydrogens is 348 g/mol. The lowest BCUT2D eigenvalue weighted by Gasteiger charge is -2.29. The first kappa shape index (κ1) is 18.5. The van der Waals surface area contributed by atoms with E-state index in [9.17, 15) is 0 Å². The van der Waals surface area contributed by atoms with Crippen LogP contribution in [0.25, 0.3) is 16.6 Å². The zero-order valence-corrected chi connectivity index (χ0v) is 16.7. The molecule has 0 aliphatic carbocycles. The number of hydrogen-bond acceptors (Lipinski definition) is 6. The predicted octanol–water partition coefficient (Wildman–Crippen LogP) is 3.69. The third kappa shape index (κ3) is 3.87. The van der Waals surface area contributed by atoms with Crippen LogP contribution in [-0.4, -0.2) is 51.0 Å². The molecule has 1 aliphatic rings. The van der Waals surface area contributed by atoms with Crippen molar-refractivity contribution in [1.29, 1.82) is 0 Å². The van der Waals surface area contributed by atoms with E-state index in [0.29, 0.717) is 6.04 Å². The number of piperidine rings is 1. The third-order valence-electron chi connectivity index (χ3n) is 5.39. The van der Waals surface area contributed by atoms with Gasteiger partial charge >= 0.3 is 0 Å². The summed E-state index contributed by atoms with van der Waals surface area (Å²) >= 11 is 0. The van der Waals surface area contributed by atoms with Gasteiger partial charge in [0.1, 0.15) is 0 Å². The van der Waals surface area contributed by atoms with E-state index in [4.69, 9.17) is 4.98 Å². The van der Waals surface area contributed by atoms with Crippen molar-refractivity contribution in [3.05, 3.63) is 59.7 Å². The minimum atomic E-state index is 0.446. The van der Waals surface area contributed by atoms with Gasteiger partial charge in [0.25, 0.3) is 0 Å². The van der Waals surface area contributed by atoms with Crippen LogP contribution >= 0.6 is 0 Å². The molecule has 0 amide bonds. The molecule has 1 fully saturated rings. The highest BCUT2D eigenvalue weighted by atomic mass is 15.2. The van der Waals surface area contributed by atoms with Crippen molar-refractivity contribution in [3.8, 4) is 0 Å². The summed E-state index contributed by atoms with van der Waals surface area (Å²) < 4.78 is 0. The van der Waals surface area contributed by atoms with Crippen LogP contribution in [0.15, 0.2) is 42.9 Å². The lowest BCUT2D eigenvalue weighted by Crippen LogP contribution is -2.37. The van der Waals surface area contributed by atoms with Gasteiger partial charge in [0.05, 0.1) is 16.7 Å². The second kappa shape index (κ2) is 8.02. The third-order valence-corrected chi connectivity index (χ3v) is 5.39. The summed E-state index contributed by atoms with van der Waals surface area (Å²) in [5.74, 6) is 0.718. The molecule has 3 heterocycles. The largest absolute Gasteiger partial charge is 0.351 e. The van der Waals surface area contributed by atoms with Crippen LogP contribution in [0.2, 0.25) is 0 Å². The molecule has 3 aromatic rings. The second-order valence-electron chi connectivity index (χ2n) is 7.38. The molecule has 1 saturated heterocycles. The molecule has 6 heteroatoms. The molecule has 0 unspecified atom stereocenters. The van der Waals surface area contributed by atoms with Gasteiger partial charge in [0.15, 0.2) is 0 Å². The van der Waals surface area contributed by atoms with Gasteiger partial charge in [0.2, 0.25) is 5.95 Å². The highest BCUT2D eigenvalue weighted by Crippen LogP contribution is 2.27. The number of aromatic nitrogens is 4. The number of nitrogens with zero attached hydrogens (tertiary/aromatic N) is 5. The van der Waals surface area contributed by atoms with Crippen LogP contribution in [0.1, 0.15) is 36.6 Å². The molecule has 0 spiro atoms. The molecule has 1 aromatic carbocycles. The summed E-state index contributed by atoms with van der Waals surface area (Å²) in [6.07, 6.45) is 9.72. The molecule has 28 heavy (non-hydrogen) atoms. The van der Waals surface area contributed by atoms with Crippen LogP contribution in [0.5, 0.6) is 0 Å². The number of nitrogens with one attached hydrogen (secondary N) is 1. The monoisotopic (exact) mass is 374 g/mol. The molecule has 1 aliphatic heterocycles. The first-order chi connectivity index (χ1) is 13.6. The molecule has 0 bridgehead atoms. The highest BCUT2D eigenvalue weighted by Gasteiger charge is 2.18. The van der Waals surface area contributed by atoms with Gasteiger partial charge in [-0.3, -0.25) is 9.97 Å². The van der Waals surface area contributed by atoms with Gasteiger partial charge in [0, 0.05) is 30.2 Å². The standard InChI is InChI=1S/C22H26N6/c1-4-18(16-5-6-20-21(13-16)24-10-9-23-20)19-14-25-22(26-15(19)2)27-17-7-11-28(3)12-8-17/h4-6,9-10,13-14,17H,7-8,11-12H2,1-3H3,(H,25,26,27)/b18-4-. The number of allylic oxidation sites excluding steroid dienone is 1. The summed E-state index contributed by atoms with van der Waals surface area (Å²) in [5.41, 5.74) is 6.00. The Labute approximate surface area is 165 Å². The van der Waals surface area contributed by atoms with Crippen molar-refractivity contribution in [3.63, 3.8) is 0 Å². The van der Waals surface area contributed by atoms with E-state index in [1.54, 1.807) is 12.4 Å². The van der Waals surface area contributed by atoms with E-state index < -0.39 is 0 Å². The summed E-state index contributed by atoms with van der Waals surface area (Å²) in [4.78, 5) is 20.5. The molecule has 144 valence electrons. The average molecular weight is 374 g/mol. The number of rotatable bonds is 4. The van der Waals surface area contributed by atoms with E-state index in [-0.39, 0.29) is 0 Å². The van der Waals surface area contributed by atoms with Gasteiger partial charge in [-0.05, 0) is 70.1 Å². The smallest absolute Gasteiger partial charge is 0.223 e. The maximum Gasteiger partial charge on any atom is 0.223 e. The normalized spacial score (nSPS) is 16.5. The molecule has 6 nitrogen and oxygen atoms in total. The Bertz CT molecular complexity index is 1000. The fraction of sp³-hybridized carbons (Fsp3) is 0.364. The number of likely N-dealkylation sites (tertiary alicyclic amines) is 1. The van der Waals surface area contributed by atoms with Crippen molar-refractivity contribution in [1.82, 2.24) is 24.8 Å². The number of anilines is 1. The van der Waals surface area contributed by atoms with Crippen LogP contribution in [0.4, 0.5) is 5.95 Å². The van der Waals surface area contributed by atoms with Crippen LogP contribution < -0.4 is 5.32 Å². The number of hydrogen-bond donors (Lipinski definition) is 1. The van der Waals surface area contributed by atoms with E-state index >= 15 is 0 Å². The second-order valence-corrected chi connectivity index (χ2v) is 7.38. The Kier molecular flexibility index (Phi) is 5.30. The van der Waals surface area contributed by atoms with Crippen LogP contribution in [0, 0.1) is 6.92 Å². The Hall–Kier alpha value is -2.86. The van der Waals surface area contributed by atoms with Crippen molar-refractivity contribution in [2.24, 2.45) is 0 Å². The zero-order chi connectivity index (χ0) is 19.5. The van der Waals surface area contributed by atoms with Crippen molar-refractivity contribution in [2.75, 3.05) is 25.5 Å². The Balaban J connectivity index is 1.58. The molecular formula is C22H26N6. The SMILES string of the molecule is C/C=C(/c1ccc2nccnc2c1)c1cnc(NC2CCN(C)CC2)nc1C. The topological polar surface area (TPSA) is 66.8 Å². The fourth-order valence-corrected chi connectivity index (χ4v) is 3.75. The van der Waals surface area contributed by atoms with E-state index in [2.05, 4.69) is 50.4 Å². The molecule has 0 radical (unpaired) electrons. The molecule has 2 aromatic heterocycles. The average Bonchev–Trinajstić information content (AvgIpc) is 2.72. The lowest BCUT2D eigenvalue weighted by molar-refractivity contribution is 0.263. The Morgan fingerprint density at radius 1 is 1.11 bits per heavy atom. The van der Waals surface area contributed by atoms with Crippen LogP contribution in [-0.2, 0) is 0 Å². The highest BCUT2D eigenvalue weighted by molar-refractivity contribution is 5.86. The van der Waals surface area contributed by atoms with Gasteiger partial charge in [-0.2, -0.15) is 0 Å². The van der Waals surface area contributed by atoms with Gasteiger partial charge < -0.3 is 10.2 Å². The Morgan fingerprint density at radius 2 is 1.86 bits per heavy atom. The summed E-state index contributed by atoms with van der Waals surface area (Å²) in [7, 11) is 2.17. The van der Waals surface area contributed by atoms with Crippen molar-refractivity contribution < 1.29 is 0 Å². The molecule has 1 N–H and O–H groups in total. The maximum atomic E-state index is 4.74. The minimum absolute atomic E-state index is 0.446. The Morgan fingerprint density at radius 3 is 2.57 bits per heavy atom. The fourth-order valence-electron chi connectivity index (χ4n) is 3.75. The minimum Gasteiger partial charge on any atom is -0.351 e. The van der Waals surface area contributed by atoms with E-state index in [1.165, 1.54) is 0 Å².